The molecule has 150 valence electrons. The number of benzene rings is 4. The number of nitriles is 1. The van der Waals surface area contributed by atoms with Crippen LogP contribution in [0.25, 0.3) is 44.2 Å². The Morgan fingerprint density at radius 2 is 1.47 bits per heavy atom. The predicted octanol–water partition coefficient (Wildman–Crippen LogP) is 7.05. The zero-order chi connectivity index (χ0) is 22.1. The number of aromatic nitrogens is 2. The second-order valence-corrected chi connectivity index (χ2v) is 7.64. The Labute approximate surface area is 186 Å². The highest BCUT2D eigenvalue weighted by Crippen LogP contribution is 2.33. The molecule has 5 aromatic rings. The number of nitrogens with zero attached hydrogens (tertiary/aromatic N) is 3. The van der Waals surface area contributed by atoms with Crippen molar-refractivity contribution in [2.45, 2.75) is 0 Å². The topological polar surface area (TPSA) is 49.6 Å². The summed E-state index contributed by atoms with van der Waals surface area (Å²) in [5, 5.41) is 12.2. The number of hydrogen-bond acceptors (Lipinski definition) is 3. The van der Waals surface area contributed by atoms with E-state index in [1.54, 1.807) is 12.1 Å². The van der Waals surface area contributed by atoms with Gasteiger partial charge in [0, 0.05) is 17.1 Å². The number of para-hydroxylation sites is 1. The molecule has 0 spiro atoms. The van der Waals surface area contributed by atoms with E-state index in [-0.39, 0.29) is 0 Å². The molecule has 0 bridgehead atoms. The van der Waals surface area contributed by atoms with Crippen LogP contribution in [0, 0.1) is 11.3 Å². The fourth-order valence-electron chi connectivity index (χ4n) is 3.86. The summed E-state index contributed by atoms with van der Waals surface area (Å²) >= 11 is 0. The number of rotatable bonds is 4. The van der Waals surface area contributed by atoms with Gasteiger partial charge in [-0.15, -0.1) is 0 Å². The zero-order valence-electron chi connectivity index (χ0n) is 17.4. The maximum Gasteiger partial charge on any atom is 0.160 e. The van der Waals surface area contributed by atoms with Crippen LogP contribution in [0.15, 0.2) is 104 Å². The minimum Gasteiger partial charge on any atom is -0.236 e. The molecule has 0 saturated carbocycles. The van der Waals surface area contributed by atoms with Gasteiger partial charge in [0.2, 0.25) is 0 Å². The molecular weight excluding hydrogens is 390 g/mol. The van der Waals surface area contributed by atoms with Gasteiger partial charge >= 0.3 is 0 Å². The molecule has 4 aromatic carbocycles. The molecule has 32 heavy (non-hydrogen) atoms. The van der Waals surface area contributed by atoms with Crippen LogP contribution in [0.4, 0.5) is 0 Å². The van der Waals surface area contributed by atoms with Gasteiger partial charge in [-0.25, -0.2) is 9.97 Å². The van der Waals surface area contributed by atoms with Gasteiger partial charge in [0.05, 0.1) is 17.1 Å². The van der Waals surface area contributed by atoms with E-state index in [2.05, 4.69) is 54.5 Å². The summed E-state index contributed by atoms with van der Waals surface area (Å²) in [5.41, 5.74) is 6.19. The summed E-state index contributed by atoms with van der Waals surface area (Å²) in [6.07, 6.45) is 1.87. The molecule has 0 radical (unpaired) electrons. The van der Waals surface area contributed by atoms with Gasteiger partial charge in [-0.05, 0) is 57.3 Å². The molecule has 0 aliphatic rings. The Morgan fingerprint density at radius 3 is 2.28 bits per heavy atom. The Morgan fingerprint density at radius 1 is 0.750 bits per heavy atom. The molecule has 0 aliphatic carbocycles. The van der Waals surface area contributed by atoms with Crippen LogP contribution >= 0.6 is 0 Å². The van der Waals surface area contributed by atoms with Gasteiger partial charge in [0.1, 0.15) is 0 Å². The van der Waals surface area contributed by atoms with Crippen LogP contribution in [0.3, 0.4) is 0 Å². The predicted molar refractivity (Wildman–Crippen MR) is 132 cm³/mol. The molecule has 0 fully saturated rings. The van der Waals surface area contributed by atoms with Crippen molar-refractivity contribution in [1.29, 1.82) is 5.26 Å². The van der Waals surface area contributed by atoms with Gasteiger partial charge in [0.25, 0.3) is 0 Å². The smallest absolute Gasteiger partial charge is 0.160 e. The number of hydrogen-bond donors (Lipinski definition) is 0. The lowest BCUT2D eigenvalue weighted by atomic mass is 9.92. The maximum atomic E-state index is 9.01. The van der Waals surface area contributed by atoms with Crippen molar-refractivity contribution in [3.05, 3.63) is 121 Å². The molecule has 1 heterocycles. The van der Waals surface area contributed by atoms with Crippen LogP contribution in [-0.2, 0) is 0 Å². The van der Waals surface area contributed by atoms with Crippen molar-refractivity contribution in [3.63, 3.8) is 0 Å². The Balaban J connectivity index is 1.52. The molecule has 0 unspecified atom stereocenters. The standard InChI is InChI=1S/C29H19N3/c1-19(22-12-10-21(17-30)11-13-22)20(2)23-14-15-26-24(16-23)7-5-8-27(26)29-31-18-25-6-3-4-9-28(25)32-29/h3-16,18H,1-2H2. The van der Waals surface area contributed by atoms with Crippen molar-refractivity contribution in [2.24, 2.45) is 0 Å². The maximum absolute atomic E-state index is 9.01. The molecule has 0 aliphatic heterocycles. The molecule has 1 aromatic heterocycles. The fraction of sp³-hybridized carbons (Fsp3) is 0. The highest BCUT2D eigenvalue weighted by Gasteiger charge is 2.11. The average Bonchev–Trinajstić information content (AvgIpc) is 2.87. The first-order valence-electron chi connectivity index (χ1n) is 10.3. The lowest BCUT2D eigenvalue weighted by Crippen LogP contribution is -1.92. The molecular formula is C29H19N3. The largest absolute Gasteiger partial charge is 0.236 e. The highest BCUT2D eigenvalue weighted by atomic mass is 14.9. The lowest BCUT2D eigenvalue weighted by Gasteiger charge is -2.12. The summed E-state index contributed by atoms with van der Waals surface area (Å²) in [5.74, 6) is 0.711. The zero-order valence-corrected chi connectivity index (χ0v) is 17.4. The minimum absolute atomic E-state index is 0.626. The van der Waals surface area contributed by atoms with E-state index in [1.165, 1.54) is 0 Å². The van der Waals surface area contributed by atoms with E-state index in [0.29, 0.717) is 11.4 Å². The van der Waals surface area contributed by atoms with E-state index in [4.69, 9.17) is 10.2 Å². The fourth-order valence-corrected chi connectivity index (χ4v) is 3.86. The normalized spacial score (nSPS) is 10.7. The molecule has 0 saturated heterocycles. The van der Waals surface area contributed by atoms with E-state index < -0.39 is 0 Å². The van der Waals surface area contributed by atoms with E-state index in [1.807, 2.05) is 48.7 Å². The van der Waals surface area contributed by atoms with Gasteiger partial charge in [-0.2, -0.15) is 5.26 Å². The molecule has 0 atom stereocenters. The Hall–Kier alpha value is -4.55. The van der Waals surface area contributed by atoms with Crippen LogP contribution in [0.1, 0.15) is 16.7 Å². The molecule has 5 rings (SSSR count). The van der Waals surface area contributed by atoms with Crippen molar-refractivity contribution in [1.82, 2.24) is 9.97 Å². The van der Waals surface area contributed by atoms with Gasteiger partial charge in [0.15, 0.2) is 5.82 Å². The second-order valence-electron chi connectivity index (χ2n) is 7.64. The van der Waals surface area contributed by atoms with Crippen LogP contribution < -0.4 is 0 Å². The highest BCUT2D eigenvalue weighted by molar-refractivity contribution is 6.05. The first-order valence-corrected chi connectivity index (χ1v) is 10.3. The first kappa shape index (κ1) is 19.4. The molecule has 0 amide bonds. The summed E-state index contributed by atoms with van der Waals surface area (Å²) in [6, 6.07) is 30.0. The molecule has 3 nitrogen and oxygen atoms in total. The monoisotopic (exact) mass is 409 g/mol. The van der Waals surface area contributed by atoms with Gasteiger partial charge < -0.3 is 0 Å². The van der Waals surface area contributed by atoms with Crippen molar-refractivity contribution < 1.29 is 0 Å². The second kappa shape index (κ2) is 7.94. The van der Waals surface area contributed by atoms with Gasteiger partial charge in [-0.1, -0.05) is 73.8 Å². The third-order valence-electron chi connectivity index (χ3n) is 5.69. The summed E-state index contributed by atoms with van der Waals surface area (Å²) < 4.78 is 0. The number of allylic oxidation sites excluding steroid dienone is 2. The van der Waals surface area contributed by atoms with E-state index >= 15 is 0 Å². The van der Waals surface area contributed by atoms with Crippen molar-refractivity contribution >= 4 is 32.8 Å². The summed E-state index contributed by atoms with van der Waals surface area (Å²) in [4.78, 5) is 9.37. The summed E-state index contributed by atoms with van der Waals surface area (Å²) in [6.45, 7) is 8.50. The SMILES string of the molecule is C=C(C(=C)c1ccc2c(-c3ncc4ccccc4n3)cccc2c1)c1ccc(C#N)cc1. The van der Waals surface area contributed by atoms with E-state index in [9.17, 15) is 0 Å². The molecule has 3 heteroatoms. The van der Waals surface area contributed by atoms with Crippen molar-refractivity contribution in [2.75, 3.05) is 0 Å². The quantitative estimate of drug-likeness (QED) is 0.299. The Kier molecular flexibility index (Phi) is 4.82. The summed E-state index contributed by atoms with van der Waals surface area (Å²) in [7, 11) is 0. The Bertz CT molecular complexity index is 1550. The molecule has 0 N–H and O–H groups in total. The third-order valence-corrected chi connectivity index (χ3v) is 5.69. The van der Waals surface area contributed by atoms with Gasteiger partial charge in [-0.3, -0.25) is 0 Å². The lowest BCUT2D eigenvalue weighted by molar-refractivity contribution is 1.23. The van der Waals surface area contributed by atoms with Crippen LogP contribution in [0.2, 0.25) is 0 Å². The van der Waals surface area contributed by atoms with Crippen LogP contribution in [0.5, 0.6) is 0 Å². The third kappa shape index (κ3) is 3.45. The minimum atomic E-state index is 0.626. The average molecular weight is 409 g/mol. The first-order chi connectivity index (χ1) is 15.6. The number of fused-ring (bicyclic) bond motifs is 2. The van der Waals surface area contributed by atoms with E-state index in [0.717, 1.165) is 49.5 Å². The van der Waals surface area contributed by atoms with Crippen molar-refractivity contribution in [3.8, 4) is 17.5 Å². The van der Waals surface area contributed by atoms with Crippen LogP contribution in [-0.4, -0.2) is 9.97 Å².